The number of nitrogens with zero attached hydrogens (tertiary/aromatic N) is 2. The number of halogens is 1. The molecule has 8 heteroatoms. The van der Waals surface area contributed by atoms with Crippen molar-refractivity contribution in [3.05, 3.63) is 54.1 Å². The molecule has 2 aromatic rings. The monoisotopic (exact) mass is 310 g/mol. The van der Waals surface area contributed by atoms with Crippen molar-refractivity contribution in [2.24, 2.45) is 0 Å². The minimum atomic E-state index is -4.22. The van der Waals surface area contributed by atoms with Gasteiger partial charge in [0, 0.05) is 13.2 Å². The molecule has 110 valence electrons. The Bertz CT molecular complexity index is 778. The molecular weight excluding hydrogens is 299 g/mol. The summed E-state index contributed by atoms with van der Waals surface area (Å²) in [5.41, 5.74) is -0.0767. The van der Waals surface area contributed by atoms with Gasteiger partial charge in [0.05, 0.1) is 17.4 Å². The van der Waals surface area contributed by atoms with E-state index in [4.69, 9.17) is 5.11 Å². The zero-order valence-corrected chi connectivity index (χ0v) is 11.7. The Hall–Kier alpha value is -2.48. The number of aromatic carboxylic acids is 1. The predicted molar refractivity (Wildman–Crippen MR) is 73.2 cm³/mol. The molecule has 1 N–H and O–H groups in total. The van der Waals surface area contributed by atoms with Gasteiger partial charge in [0.2, 0.25) is 0 Å². The predicted octanol–water partition coefficient (Wildman–Crippen LogP) is 1.74. The second-order valence-corrected chi connectivity index (χ2v) is 6.07. The van der Waals surface area contributed by atoms with Crippen molar-refractivity contribution >= 4 is 21.7 Å². The van der Waals surface area contributed by atoms with Gasteiger partial charge in [0.15, 0.2) is 0 Å². The summed E-state index contributed by atoms with van der Waals surface area (Å²) < 4.78 is 39.4. The van der Waals surface area contributed by atoms with E-state index in [9.17, 15) is 17.6 Å². The number of pyridine rings is 1. The minimum Gasteiger partial charge on any atom is -0.478 e. The van der Waals surface area contributed by atoms with E-state index in [1.165, 1.54) is 31.6 Å². The van der Waals surface area contributed by atoms with Crippen LogP contribution in [0.5, 0.6) is 0 Å². The third kappa shape index (κ3) is 2.84. The molecule has 0 unspecified atom stereocenters. The normalized spacial score (nSPS) is 11.1. The maximum absolute atomic E-state index is 13.8. The maximum Gasteiger partial charge on any atom is 0.335 e. The molecule has 0 amide bonds. The van der Waals surface area contributed by atoms with E-state index < -0.39 is 26.7 Å². The van der Waals surface area contributed by atoms with Crippen molar-refractivity contribution in [3.63, 3.8) is 0 Å². The lowest BCUT2D eigenvalue weighted by Gasteiger charge is -2.19. The molecule has 0 atom stereocenters. The van der Waals surface area contributed by atoms with Gasteiger partial charge >= 0.3 is 5.97 Å². The zero-order chi connectivity index (χ0) is 15.6. The lowest BCUT2D eigenvalue weighted by atomic mass is 10.2. The molecule has 0 saturated carbocycles. The number of carboxylic acid groups (broad SMARTS) is 1. The molecule has 6 nitrogen and oxygen atoms in total. The van der Waals surface area contributed by atoms with Crippen LogP contribution in [-0.2, 0) is 10.0 Å². The Morgan fingerprint density at radius 3 is 2.62 bits per heavy atom. The number of carboxylic acids is 1. The first kappa shape index (κ1) is 14.9. The highest BCUT2D eigenvalue weighted by atomic mass is 32.2. The first-order valence-electron chi connectivity index (χ1n) is 5.76. The molecule has 1 aromatic heterocycles. The van der Waals surface area contributed by atoms with Crippen LogP contribution in [0.4, 0.5) is 10.1 Å². The number of sulfonamides is 1. The highest BCUT2D eigenvalue weighted by molar-refractivity contribution is 7.92. The van der Waals surface area contributed by atoms with Gasteiger partial charge in [0.1, 0.15) is 10.7 Å². The van der Waals surface area contributed by atoms with Gasteiger partial charge in [0.25, 0.3) is 10.0 Å². The SMILES string of the molecule is CN(c1cccnc1)S(=O)(=O)c1cc(C(=O)O)ccc1F. The van der Waals surface area contributed by atoms with Crippen LogP contribution in [0.3, 0.4) is 0 Å². The van der Waals surface area contributed by atoms with Crippen LogP contribution in [-0.4, -0.2) is 31.5 Å². The Labute approximate surface area is 120 Å². The summed E-state index contributed by atoms with van der Waals surface area (Å²) in [5, 5.41) is 8.88. The number of benzene rings is 1. The van der Waals surface area contributed by atoms with E-state index in [1.807, 2.05) is 0 Å². The van der Waals surface area contributed by atoms with Crippen molar-refractivity contribution in [2.75, 3.05) is 11.4 Å². The molecule has 0 radical (unpaired) electrons. The second-order valence-electron chi connectivity index (χ2n) is 4.13. The van der Waals surface area contributed by atoms with Crippen LogP contribution >= 0.6 is 0 Å². The standard InChI is InChI=1S/C13H11FN2O4S/c1-16(10-3-2-6-15-8-10)21(19,20)12-7-9(13(17)18)4-5-11(12)14/h2-8H,1H3,(H,17,18). The molecule has 0 aliphatic rings. The molecular formula is C13H11FN2O4S. The van der Waals surface area contributed by atoms with Crippen molar-refractivity contribution < 1.29 is 22.7 Å². The Morgan fingerprint density at radius 2 is 2.05 bits per heavy atom. The van der Waals surface area contributed by atoms with Crippen molar-refractivity contribution in [3.8, 4) is 0 Å². The lowest BCUT2D eigenvalue weighted by molar-refractivity contribution is 0.0696. The fourth-order valence-electron chi connectivity index (χ4n) is 1.66. The number of aromatic nitrogens is 1. The zero-order valence-electron chi connectivity index (χ0n) is 10.9. The summed E-state index contributed by atoms with van der Waals surface area (Å²) in [6.07, 6.45) is 2.77. The third-order valence-corrected chi connectivity index (χ3v) is 4.63. The first-order valence-corrected chi connectivity index (χ1v) is 7.20. The molecule has 0 bridgehead atoms. The van der Waals surface area contributed by atoms with E-state index in [0.29, 0.717) is 0 Å². The fraction of sp³-hybridized carbons (Fsp3) is 0.0769. The number of rotatable bonds is 4. The van der Waals surface area contributed by atoms with Gasteiger partial charge in [-0.05, 0) is 30.3 Å². The molecule has 0 aliphatic heterocycles. The summed E-state index contributed by atoms with van der Waals surface area (Å²) in [6.45, 7) is 0. The molecule has 1 heterocycles. The Balaban J connectivity index is 2.54. The topological polar surface area (TPSA) is 87.6 Å². The van der Waals surface area contributed by atoms with Crippen LogP contribution in [0.1, 0.15) is 10.4 Å². The molecule has 1 aromatic carbocycles. The van der Waals surface area contributed by atoms with Gasteiger partial charge in [-0.3, -0.25) is 9.29 Å². The van der Waals surface area contributed by atoms with E-state index in [0.717, 1.165) is 22.5 Å². The van der Waals surface area contributed by atoms with Crippen LogP contribution in [0.15, 0.2) is 47.6 Å². The average Bonchev–Trinajstić information content (AvgIpc) is 2.47. The van der Waals surface area contributed by atoms with Gasteiger partial charge in [-0.25, -0.2) is 17.6 Å². The van der Waals surface area contributed by atoms with E-state index in [-0.39, 0.29) is 11.3 Å². The summed E-state index contributed by atoms with van der Waals surface area (Å²) >= 11 is 0. The highest BCUT2D eigenvalue weighted by Crippen LogP contribution is 2.24. The number of hydrogen-bond donors (Lipinski definition) is 1. The van der Waals surface area contributed by atoms with E-state index in [2.05, 4.69) is 4.98 Å². The van der Waals surface area contributed by atoms with Crippen molar-refractivity contribution in [1.82, 2.24) is 4.98 Å². The molecule has 21 heavy (non-hydrogen) atoms. The second kappa shape index (κ2) is 5.49. The Morgan fingerprint density at radius 1 is 1.33 bits per heavy atom. The Kier molecular flexibility index (Phi) is 3.90. The summed E-state index contributed by atoms with van der Waals surface area (Å²) in [5.74, 6) is -2.36. The molecule has 0 spiro atoms. The summed E-state index contributed by atoms with van der Waals surface area (Å²) in [7, 11) is -2.99. The number of hydrogen-bond acceptors (Lipinski definition) is 4. The van der Waals surface area contributed by atoms with Gasteiger partial charge in [-0.2, -0.15) is 0 Å². The van der Waals surface area contributed by atoms with E-state index in [1.54, 1.807) is 0 Å². The van der Waals surface area contributed by atoms with Gasteiger partial charge in [-0.1, -0.05) is 0 Å². The van der Waals surface area contributed by atoms with Crippen LogP contribution in [0.25, 0.3) is 0 Å². The smallest absolute Gasteiger partial charge is 0.335 e. The van der Waals surface area contributed by atoms with Crippen molar-refractivity contribution in [2.45, 2.75) is 4.90 Å². The van der Waals surface area contributed by atoms with Crippen molar-refractivity contribution in [1.29, 1.82) is 0 Å². The van der Waals surface area contributed by atoms with Crippen LogP contribution < -0.4 is 4.31 Å². The van der Waals surface area contributed by atoms with Crippen LogP contribution in [0, 0.1) is 5.82 Å². The van der Waals surface area contributed by atoms with Gasteiger partial charge < -0.3 is 5.11 Å². The largest absolute Gasteiger partial charge is 0.478 e. The quantitative estimate of drug-likeness (QED) is 0.929. The van der Waals surface area contributed by atoms with E-state index >= 15 is 0 Å². The highest BCUT2D eigenvalue weighted by Gasteiger charge is 2.26. The maximum atomic E-state index is 13.8. The molecule has 0 saturated heterocycles. The molecule has 2 rings (SSSR count). The van der Waals surface area contributed by atoms with Crippen LogP contribution in [0.2, 0.25) is 0 Å². The number of anilines is 1. The third-order valence-electron chi connectivity index (χ3n) is 2.83. The lowest BCUT2D eigenvalue weighted by Crippen LogP contribution is -2.27. The summed E-state index contributed by atoms with van der Waals surface area (Å²) in [6, 6.07) is 5.63. The first-order chi connectivity index (χ1) is 9.84. The molecule has 0 fully saturated rings. The van der Waals surface area contributed by atoms with Gasteiger partial charge in [-0.15, -0.1) is 0 Å². The number of carbonyl (C=O) groups is 1. The minimum absolute atomic E-state index is 0.234. The molecule has 0 aliphatic carbocycles. The fourth-order valence-corrected chi connectivity index (χ4v) is 2.93. The summed E-state index contributed by atoms with van der Waals surface area (Å²) in [4.78, 5) is 14.0. The average molecular weight is 310 g/mol.